The van der Waals surface area contributed by atoms with E-state index in [1.807, 2.05) is 13.8 Å². The third-order valence-corrected chi connectivity index (χ3v) is 4.05. The maximum atomic E-state index is 11.8. The fraction of sp³-hybridized carbons (Fsp3) is 0.400. The quantitative estimate of drug-likeness (QED) is 0.738. The van der Waals surface area contributed by atoms with Crippen LogP contribution in [0.5, 0.6) is 0 Å². The zero-order valence-corrected chi connectivity index (χ0v) is 10.1. The van der Waals surface area contributed by atoms with Gasteiger partial charge in [0.05, 0.1) is 12.0 Å². The molecule has 1 rings (SSSR count). The topological polar surface area (TPSA) is 46.6 Å². The van der Waals surface area contributed by atoms with E-state index in [-0.39, 0.29) is 4.90 Å². The molecule has 0 radical (unpaired) electrons. The molecular formula is C10H15NO3S. The molecular weight excluding hydrogens is 214 g/mol. The van der Waals surface area contributed by atoms with Crippen molar-refractivity contribution in [3.63, 3.8) is 0 Å². The van der Waals surface area contributed by atoms with Crippen LogP contribution < -0.4 is 0 Å². The number of rotatable bonds is 3. The summed E-state index contributed by atoms with van der Waals surface area (Å²) in [6, 6.07) is 5.00. The van der Waals surface area contributed by atoms with Crippen LogP contribution in [0.1, 0.15) is 11.1 Å². The van der Waals surface area contributed by atoms with E-state index in [1.165, 1.54) is 14.2 Å². The van der Waals surface area contributed by atoms with Crippen molar-refractivity contribution in [2.24, 2.45) is 0 Å². The Labute approximate surface area is 90.5 Å². The van der Waals surface area contributed by atoms with Crippen molar-refractivity contribution < 1.29 is 13.3 Å². The largest absolute Gasteiger partial charge is 0.288 e. The van der Waals surface area contributed by atoms with Gasteiger partial charge < -0.3 is 0 Å². The highest BCUT2D eigenvalue weighted by molar-refractivity contribution is 7.89. The summed E-state index contributed by atoms with van der Waals surface area (Å²) in [4.78, 5) is 4.93. The molecule has 84 valence electrons. The zero-order chi connectivity index (χ0) is 11.6. The van der Waals surface area contributed by atoms with Gasteiger partial charge in [0, 0.05) is 7.05 Å². The third-order valence-electron chi connectivity index (χ3n) is 2.37. The second-order valence-corrected chi connectivity index (χ2v) is 5.28. The molecule has 0 fully saturated rings. The normalized spacial score (nSPS) is 12.1. The van der Waals surface area contributed by atoms with Gasteiger partial charge in [-0.3, -0.25) is 4.84 Å². The van der Waals surface area contributed by atoms with Crippen molar-refractivity contribution in [3.05, 3.63) is 29.3 Å². The van der Waals surface area contributed by atoms with Crippen LogP contribution in [-0.2, 0) is 14.9 Å². The third kappa shape index (κ3) is 2.37. The van der Waals surface area contributed by atoms with Gasteiger partial charge in [0.25, 0.3) is 10.0 Å². The molecule has 0 saturated carbocycles. The second kappa shape index (κ2) is 4.30. The Hall–Kier alpha value is -0.910. The second-order valence-electron chi connectivity index (χ2n) is 3.34. The van der Waals surface area contributed by atoms with Gasteiger partial charge in [0.1, 0.15) is 0 Å². The first-order valence-electron chi connectivity index (χ1n) is 4.50. The SMILES string of the molecule is CON(C)S(=O)(=O)c1ccc(C)c(C)c1. The number of nitrogens with zero attached hydrogens (tertiary/aromatic N) is 1. The predicted molar refractivity (Wildman–Crippen MR) is 57.9 cm³/mol. The number of aryl methyl sites for hydroxylation is 2. The maximum absolute atomic E-state index is 11.8. The summed E-state index contributed by atoms with van der Waals surface area (Å²) in [5.74, 6) is 0. The molecule has 0 spiro atoms. The Bertz CT molecular complexity index is 454. The van der Waals surface area contributed by atoms with E-state index >= 15 is 0 Å². The number of benzene rings is 1. The molecule has 1 aromatic carbocycles. The molecule has 0 amide bonds. The van der Waals surface area contributed by atoms with Crippen LogP contribution in [0.3, 0.4) is 0 Å². The van der Waals surface area contributed by atoms with Crippen LogP contribution in [0.25, 0.3) is 0 Å². The van der Waals surface area contributed by atoms with E-state index in [2.05, 4.69) is 4.84 Å². The molecule has 4 nitrogen and oxygen atoms in total. The van der Waals surface area contributed by atoms with E-state index in [1.54, 1.807) is 18.2 Å². The lowest BCUT2D eigenvalue weighted by atomic mass is 10.1. The molecule has 0 bridgehead atoms. The molecule has 15 heavy (non-hydrogen) atoms. The van der Waals surface area contributed by atoms with Crippen molar-refractivity contribution in [2.45, 2.75) is 18.7 Å². The van der Waals surface area contributed by atoms with Gasteiger partial charge in [0.15, 0.2) is 0 Å². The van der Waals surface area contributed by atoms with Gasteiger partial charge in [0.2, 0.25) is 0 Å². The van der Waals surface area contributed by atoms with Crippen molar-refractivity contribution in [3.8, 4) is 0 Å². The molecule has 0 aliphatic heterocycles. The van der Waals surface area contributed by atoms with Crippen LogP contribution in [0.4, 0.5) is 0 Å². The van der Waals surface area contributed by atoms with E-state index in [4.69, 9.17) is 0 Å². The van der Waals surface area contributed by atoms with Gasteiger partial charge in [-0.25, -0.2) is 8.42 Å². The first-order chi connectivity index (χ1) is 6.89. The Morgan fingerprint density at radius 2 is 1.80 bits per heavy atom. The fourth-order valence-electron chi connectivity index (χ4n) is 1.12. The molecule has 0 aliphatic rings. The molecule has 0 unspecified atom stereocenters. The zero-order valence-electron chi connectivity index (χ0n) is 9.31. The smallest absolute Gasteiger partial charge is 0.264 e. The lowest BCUT2D eigenvalue weighted by Gasteiger charge is -2.14. The van der Waals surface area contributed by atoms with E-state index in [0.29, 0.717) is 0 Å². The number of hydrogen-bond acceptors (Lipinski definition) is 3. The summed E-state index contributed by atoms with van der Waals surface area (Å²) >= 11 is 0. The minimum Gasteiger partial charge on any atom is -0.288 e. The van der Waals surface area contributed by atoms with Crippen LogP contribution in [0, 0.1) is 13.8 Å². The summed E-state index contributed by atoms with van der Waals surface area (Å²) in [5.41, 5.74) is 2.01. The number of hydrogen-bond donors (Lipinski definition) is 0. The minimum absolute atomic E-state index is 0.245. The fourth-order valence-corrected chi connectivity index (χ4v) is 2.18. The van der Waals surface area contributed by atoms with Crippen LogP contribution in [0.15, 0.2) is 23.1 Å². The highest BCUT2D eigenvalue weighted by atomic mass is 32.2. The van der Waals surface area contributed by atoms with Gasteiger partial charge in [-0.1, -0.05) is 10.5 Å². The average Bonchev–Trinajstić information content (AvgIpc) is 2.20. The van der Waals surface area contributed by atoms with E-state index < -0.39 is 10.0 Å². The van der Waals surface area contributed by atoms with Crippen molar-refractivity contribution >= 4 is 10.0 Å². The van der Waals surface area contributed by atoms with Crippen LogP contribution in [-0.4, -0.2) is 27.0 Å². The van der Waals surface area contributed by atoms with Gasteiger partial charge in [-0.15, -0.1) is 0 Å². The summed E-state index contributed by atoms with van der Waals surface area (Å²) in [6.45, 7) is 3.81. The summed E-state index contributed by atoms with van der Waals surface area (Å²) < 4.78 is 24.5. The number of hydroxylamine groups is 1. The van der Waals surface area contributed by atoms with Crippen molar-refractivity contribution in [1.82, 2.24) is 4.47 Å². The van der Waals surface area contributed by atoms with Crippen molar-refractivity contribution in [1.29, 1.82) is 0 Å². The van der Waals surface area contributed by atoms with Crippen molar-refractivity contribution in [2.75, 3.05) is 14.2 Å². The molecule has 1 aromatic rings. The molecule has 0 heterocycles. The molecule has 0 atom stereocenters. The Kier molecular flexibility index (Phi) is 3.49. The Balaban J connectivity index is 3.23. The van der Waals surface area contributed by atoms with Gasteiger partial charge in [-0.2, -0.15) is 0 Å². The highest BCUT2D eigenvalue weighted by Gasteiger charge is 2.20. The summed E-state index contributed by atoms with van der Waals surface area (Å²) in [5, 5.41) is 0. The van der Waals surface area contributed by atoms with E-state index in [0.717, 1.165) is 15.6 Å². The monoisotopic (exact) mass is 229 g/mol. The highest BCUT2D eigenvalue weighted by Crippen LogP contribution is 2.17. The van der Waals surface area contributed by atoms with Crippen LogP contribution in [0.2, 0.25) is 0 Å². The lowest BCUT2D eigenvalue weighted by Crippen LogP contribution is -2.25. The lowest BCUT2D eigenvalue weighted by molar-refractivity contribution is -0.0258. The Morgan fingerprint density at radius 3 is 2.27 bits per heavy atom. The van der Waals surface area contributed by atoms with Gasteiger partial charge >= 0.3 is 0 Å². The number of sulfonamides is 1. The van der Waals surface area contributed by atoms with Gasteiger partial charge in [-0.05, 0) is 37.1 Å². The standard InChI is InChI=1S/C10H15NO3S/c1-8-5-6-10(7-9(8)2)15(12,13)11(3)14-4/h5-7H,1-4H3. The maximum Gasteiger partial charge on any atom is 0.264 e. The van der Waals surface area contributed by atoms with Crippen LogP contribution >= 0.6 is 0 Å². The summed E-state index contributed by atoms with van der Waals surface area (Å²) in [7, 11) is -0.834. The van der Waals surface area contributed by atoms with E-state index in [9.17, 15) is 8.42 Å². The first kappa shape index (κ1) is 12.2. The molecule has 0 aliphatic carbocycles. The molecule has 0 aromatic heterocycles. The molecule has 0 saturated heterocycles. The Morgan fingerprint density at radius 1 is 1.20 bits per heavy atom. The molecule has 5 heteroatoms. The minimum atomic E-state index is -3.52. The average molecular weight is 229 g/mol. The predicted octanol–water partition coefficient (Wildman–Crippen LogP) is 1.49. The summed E-state index contributed by atoms with van der Waals surface area (Å²) in [6.07, 6.45) is 0. The molecule has 0 N–H and O–H groups in total. The first-order valence-corrected chi connectivity index (χ1v) is 5.94.